The van der Waals surface area contributed by atoms with Crippen LogP contribution in [0.2, 0.25) is 0 Å². The van der Waals surface area contributed by atoms with E-state index in [9.17, 15) is 0 Å². The molecular formula is C18H22IN. The first kappa shape index (κ1) is 15.4. The SMILES string of the molecule is Cc1cc(C)c(N(I)c2cc(C)c(C)cc2C)cc1C. The monoisotopic (exact) mass is 379 g/mol. The van der Waals surface area contributed by atoms with Gasteiger partial charge in [-0.2, -0.15) is 0 Å². The quantitative estimate of drug-likeness (QED) is 0.455. The number of halogens is 1. The first-order valence-electron chi connectivity index (χ1n) is 6.93. The number of aryl methyl sites for hydroxylation is 6. The highest BCUT2D eigenvalue weighted by molar-refractivity contribution is 14.1. The summed E-state index contributed by atoms with van der Waals surface area (Å²) in [5.41, 5.74) is 10.6. The van der Waals surface area contributed by atoms with Gasteiger partial charge in [0.25, 0.3) is 0 Å². The first-order valence-corrected chi connectivity index (χ1v) is 7.89. The van der Waals surface area contributed by atoms with Crippen LogP contribution in [0.5, 0.6) is 0 Å². The van der Waals surface area contributed by atoms with Gasteiger partial charge in [0.05, 0.1) is 34.2 Å². The van der Waals surface area contributed by atoms with Crippen LogP contribution in [0, 0.1) is 41.5 Å². The maximum absolute atomic E-state index is 2.41. The van der Waals surface area contributed by atoms with Crippen molar-refractivity contribution >= 4 is 34.2 Å². The zero-order valence-electron chi connectivity index (χ0n) is 13.1. The van der Waals surface area contributed by atoms with E-state index in [1.54, 1.807) is 0 Å². The highest BCUT2D eigenvalue weighted by Crippen LogP contribution is 2.36. The average Bonchev–Trinajstić information content (AvgIpc) is 2.37. The van der Waals surface area contributed by atoms with Gasteiger partial charge < -0.3 is 0 Å². The third kappa shape index (κ3) is 2.85. The Bertz CT molecular complexity index is 601. The largest absolute Gasteiger partial charge is 0.282 e. The Morgan fingerprint density at radius 1 is 0.550 bits per heavy atom. The van der Waals surface area contributed by atoms with Crippen LogP contribution >= 0.6 is 22.9 Å². The van der Waals surface area contributed by atoms with Crippen molar-refractivity contribution in [2.24, 2.45) is 0 Å². The van der Waals surface area contributed by atoms with Crippen molar-refractivity contribution in [1.29, 1.82) is 0 Å². The molecule has 0 aromatic heterocycles. The Kier molecular flexibility index (Phi) is 4.43. The zero-order chi connectivity index (χ0) is 15.0. The van der Waals surface area contributed by atoms with E-state index < -0.39 is 0 Å². The van der Waals surface area contributed by atoms with Gasteiger partial charge in [-0.1, -0.05) is 12.1 Å². The Balaban J connectivity index is 2.54. The molecule has 0 saturated heterocycles. The van der Waals surface area contributed by atoms with Gasteiger partial charge in [-0.25, -0.2) is 0 Å². The summed E-state index contributed by atoms with van der Waals surface area (Å²) in [6, 6.07) is 9.11. The lowest BCUT2D eigenvalue weighted by Crippen LogP contribution is -2.06. The lowest BCUT2D eigenvalue weighted by molar-refractivity contribution is 1.25. The number of benzene rings is 2. The van der Waals surface area contributed by atoms with Crippen LogP contribution in [0.3, 0.4) is 0 Å². The molecule has 0 spiro atoms. The molecule has 1 nitrogen and oxygen atoms in total. The van der Waals surface area contributed by atoms with Crippen molar-refractivity contribution in [2.45, 2.75) is 41.5 Å². The summed E-state index contributed by atoms with van der Waals surface area (Å²) < 4.78 is 2.28. The van der Waals surface area contributed by atoms with Gasteiger partial charge in [-0.15, -0.1) is 0 Å². The fourth-order valence-electron chi connectivity index (χ4n) is 2.44. The summed E-state index contributed by atoms with van der Waals surface area (Å²) in [4.78, 5) is 0. The standard InChI is InChI=1S/C18H22IN/c1-11-7-15(5)17(9-13(11)3)20(19)18-10-14(4)12(2)8-16(18)6/h7-10H,1-6H3. The van der Waals surface area contributed by atoms with Crippen LogP contribution < -0.4 is 3.11 Å². The van der Waals surface area contributed by atoms with Gasteiger partial charge in [0.1, 0.15) is 0 Å². The molecule has 2 aromatic carbocycles. The molecule has 0 atom stereocenters. The van der Waals surface area contributed by atoms with Crippen molar-refractivity contribution in [3.05, 3.63) is 57.6 Å². The van der Waals surface area contributed by atoms with Crippen molar-refractivity contribution in [3.63, 3.8) is 0 Å². The van der Waals surface area contributed by atoms with Crippen molar-refractivity contribution in [3.8, 4) is 0 Å². The lowest BCUT2D eigenvalue weighted by atomic mass is 10.0. The number of nitrogens with zero attached hydrogens (tertiary/aromatic N) is 1. The zero-order valence-corrected chi connectivity index (χ0v) is 15.3. The normalized spacial score (nSPS) is 10.8. The highest BCUT2D eigenvalue weighted by atomic mass is 127. The molecule has 0 amide bonds. The summed E-state index contributed by atoms with van der Waals surface area (Å²) in [7, 11) is 0. The minimum atomic E-state index is 1.28. The third-order valence-electron chi connectivity index (χ3n) is 4.05. The molecule has 0 radical (unpaired) electrons. The van der Waals surface area contributed by atoms with E-state index in [1.807, 2.05) is 0 Å². The first-order chi connectivity index (χ1) is 9.31. The van der Waals surface area contributed by atoms with E-state index in [0.29, 0.717) is 0 Å². The summed E-state index contributed by atoms with van der Waals surface area (Å²) in [5.74, 6) is 0. The second-order valence-electron chi connectivity index (χ2n) is 5.73. The number of hydrogen-bond acceptors (Lipinski definition) is 1. The molecule has 0 heterocycles. The van der Waals surface area contributed by atoms with Crippen LogP contribution in [0.15, 0.2) is 24.3 Å². The molecular weight excluding hydrogens is 357 g/mol. The Hall–Kier alpha value is -1.03. The van der Waals surface area contributed by atoms with Gasteiger partial charge in [-0.3, -0.25) is 3.11 Å². The predicted molar refractivity (Wildman–Crippen MR) is 97.5 cm³/mol. The number of rotatable bonds is 2. The van der Waals surface area contributed by atoms with Gasteiger partial charge in [0.2, 0.25) is 0 Å². The summed E-state index contributed by atoms with van der Waals surface area (Å²) in [6.07, 6.45) is 0. The minimum absolute atomic E-state index is 1.28. The lowest BCUT2D eigenvalue weighted by Gasteiger charge is -2.23. The highest BCUT2D eigenvalue weighted by Gasteiger charge is 2.13. The van der Waals surface area contributed by atoms with Crippen molar-refractivity contribution in [1.82, 2.24) is 0 Å². The van der Waals surface area contributed by atoms with E-state index in [0.717, 1.165) is 0 Å². The van der Waals surface area contributed by atoms with Gasteiger partial charge in [0, 0.05) is 0 Å². The maximum atomic E-state index is 2.41. The molecule has 20 heavy (non-hydrogen) atoms. The molecule has 0 N–H and O–H groups in total. The molecule has 2 aromatic rings. The molecule has 2 heteroatoms. The van der Waals surface area contributed by atoms with Gasteiger partial charge in [-0.05, 0) is 87.1 Å². The van der Waals surface area contributed by atoms with Crippen LogP contribution in [0.4, 0.5) is 11.4 Å². The summed E-state index contributed by atoms with van der Waals surface area (Å²) in [5, 5.41) is 0. The van der Waals surface area contributed by atoms with E-state index in [2.05, 4.69) is 91.8 Å². The molecule has 0 aliphatic heterocycles. The van der Waals surface area contributed by atoms with E-state index in [4.69, 9.17) is 0 Å². The molecule has 0 saturated carbocycles. The maximum Gasteiger partial charge on any atom is 0.0646 e. The fourth-order valence-corrected chi connectivity index (χ4v) is 3.48. The van der Waals surface area contributed by atoms with Crippen LogP contribution in [0.1, 0.15) is 33.4 Å². The number of hydrogen-bond donors (Lipinski definition) is 0. The second kappa shape index (κ2) is 5.76. The predicted octanol–water partition coefficient (Wildman–Crippen LogP) is 6.03. The van der Waals surface area contributed by atoms with Crippen LogP contribution in [-0.2, 0) is 0 Å². The van der Waals surface area contributed by atoms with Crippen molar-refractivity contribution in [2.75, 3.05) is 3.11 Å². The molecule has 2 rings (SSSR count). The molecule has 0 bridgehead atoms. The minimum Gasteiger partial charge on any atom is -0.282 e. The average molecular weight is 379 g/mol. The van der Waals surface area contributed by atoms with Crippen LogP contribution in [0.25, 0.3) is 0 Å². The van der Waals surface area contributed by atoms with Gasteiger partial charge >= 0.3 is 0 Å². The molecule has 106 valence electrons. The summed E-state index contributed by atoms with van der Waals surface area (Å²) >= 11 is 2.41. The summed E-state index contributed by atoms with van der Waals surface area (Å²) in [6.45, 7) is 13.1. The smallest absolute Gasteiger partial charge is 0.0646 e. The molecule has 0 fully saturated rings. The van der Waals surface area contributed by atoms with E-state index in [1.165, 1.54) is 44.8 Å². The third-order valence-corrected chi connectivity index (χ3v) is 5.09. The molecule has 0 unspecified atom stereocenters. The Morgan fingerprint density at radius 3 is 1.20 bits per heavy atom. The Morgan fingerprint density at radius 2 is 0.850 bits per heavy atom. The second-order valence-corrected chi connectivity index (χ2v) is 6.69. The van der Waals surface area contributed by atoms with E-state index >= 15 is 0 Å². The van der Waals surface area contributed by atoms with E-state index in [-0.39, 0.29) is 0 Å². The number of anilines is 2. The molecule has 0 aliphatic rings. The topological polar surface area (TPSA) is 3.24 Å². The van der Waals surface area contributed by atoms with Crippen LogP contribution in [-0.4, -0.2) is 0 Å². The van der Waals surface area contributed by atoms with Crippen molar-refractivity contribution < 1.29 is 0 Å². The van der Waals surface area contributed by atoms with Gasteiger partial charge in [0.15, 0.2) is 0 Å². The molecule has 0 aliphatic carbocycles. The Labute approximate surface area is 136 Å². The fraction of sp³-hybridized carbons (Fsp3) is 0.333.